The molecule has 0 aliphatic heterocycles. The largest absolute Gasteiger partial charge is 0.358 e. The molecule has 8 heteroatoms. The molecule has 1 fully saturated rings. The Labute approximate surface area is 214 Å². The molecule has 0 atom stereocenters. The highest BCUT2D eigenvalue weighted by atomic mass is 15.2. The van der Waals surface area contributed by atoms with Crippen molar-refractivity contribution in [2.75, 3.05) is 5.32 Å². The van der Waals surface area contributed by atoms with E-state index in [0.29, 0.717) is 17.4 Å². The summed E-state index contributed by atoms with van der Waals surface area (Å²) in [6.07, 6.45) is 15.1. The average molecular weight is 487 g/mol. The molecule has 1 aliphatic carbocycles. The van der Waals surface area contributed by atoms with Crippen LogP contribution in [0.4, 0.5) is 5.69 Å². The van der Waals surface area contributed by atoms with E-state index in [1.807, 2.05) is 49.9 Å². The lowest BCUT2D eigenvalue weighted by Crippen LogP contribution is -2.00. The predicted octanol–water partition coefficient (Wildman–Crippen LogP) is 6.07. The molecule has 1 aliphatic rings. The molecule has 5 aromatic rings. The zero-order valence-corrected chi connectivity index (χ0v) is 20.5. The number of aryl methyl sites for hydroxylation is 1. The van der Waals surface area contributed by atoms with Gasteiger partial charge in [0, 0.05) is 58.4 Å². The molecule has 0 radical (unpaired) electrons. The van der Waals surface area contributed by atoms with Gasteiger partial charge in [-0.15, -0.1) is 0 Å². The summed E-state index contributed by atoms with van der Waals surface area (Å²) in [5, 5.41) is 11.8. The van der Waals surface area contributed by atoms with Crippen LogP contribution in [0.2, 0.25) is 0 Å². The normalized spacial score (nSPS) is 13.6. The summed E-state index contributed by atoms with van der Waals surface area (Å²) in [7, 11) is 0. The number of hydrogen-bond acceptors (Lipinski definition) is 6. The van der Waals surface area contributed by atoms with Crippen molar-refractivity contribution in [1.29, 1.82) is 0 Å². The zero-order chi connectivity index (χ0) is 25.4. The highest BCUT2D eigenvalue weighted by molar-refractivity contribution is 5.92. The summed E-state index contributed by atoms with van der Waals surface area (Å²) >= 11 is 0. The van der Waals surface area contributed by atoms with Gasteiger partial charge in [0.05, 0.1) is 23.0 Å². The Hall–Kier alpha value is -4.85. The fourth-order valence-corrected chi connectivity index (χ4v) is 4.42. The van der Waals surface area contributed by atoms with Crippen molar-refractivity contribution >= 4 is 22.3 Å². The first kappa shape index (κ1) is 22.6. The van der Waals surface area contributed by atoms with Gasteiger partial charge in [0.2, 0.25) is 0 Å². The number of pyridine rings is 3. The van der Waals surface area contributed by atoms with Gasteiger partial charge in [-0.1, -0.05) is 31.4 Å². The van der Waals surface area contributed by atoms with Crippen molar-refractivity contribution in [2.45, 2.75) is 19.8 Å². The van der Waals surface area contributed by atoms with Crippen molar-refractivity contribution in [3.05, 3.63) is 103 Å². The summed E-state index contributed by atoms with van der Waals surface area (Å²) in [5.74, 6) is 1.25. The molecule has 3 N–H and O–H groups in total. The molecule has 0 saturated heterocycles. The van der Waals surface area contributed by atoms with Crippen LogP contribution in [0.3, 0.4) is 0 Å². The van der Waals surface area contributed by atoms with Crippen LogP contribution in [0, 0.1) is 12.8 Å². The van der Waals surface area contributed by atoms with Gasteiger partial charge in [0.1, 0.15) is 5.69 Å². The van der Waals surface area contributed by atoms with Gasteiger partial charge < -0.3 is 10.3 Å². The Morgan fingerprint density at radius 2 is 1.97 bits per heavy atom. The Kier molecular flexibility index (Phi) is 5.69. The quantitative estimate of drug-likeness (QED) is 0.230. The molecule has 6 rings (SSSR count). The first-order valence-corrected chi connectivity index (χ1v) is 12.2. The zero-order valence-electron chi connectivity index (χ0n) is 20.5. The lowest BCUT2D eigenvalue weighted by atomic mass is 10.0. The molecule has 0 amide bonds. The van der Waals surface area contributed by atoms with E-state index >= 15 is 0 Å². The van der Waals surface area contributed by atoms with E-state index in [-0.39, 0.29) is 0 Å². The third-order valence-electron chi connectivity index (χ3n) is 6.49. The summed E-state index contributed by atoms with van der Waals surface area (Å²) in [6.45, 7) is 10.0. The number of nitrogens with one attached hydrogen (secondary N) is 3. The van der Waals surface area contributed by atoms with E-state index in [4.69, 9.17) is 4.98 Å². The van der Waals surface area contributed by atoms with Crippen LogP contribution in [0.25, 0.3) is 39.3 Å². The molecule has 5 heterocycles. The maximum Gasteiger partial charge on any atom is 0.181 e. The second kappa shape index (κ2) is 9.31. The van der Waals surface area contributed by atoms with Gasteiger partial charge in [-0.2, -0.15) is 5.10 Å². The molecule has 37 heavy (non-hydrogen) atoms. The fourth-order valence-electron chi connectivity index (χ4n) is 4.42. The van der Waals surface area contributed by atoms with E-state index in [2.05, 4.69) is 60.7 Å². The molecule has 0 aromatic carbocycles. The van der Waals surface area contributed by atoms with Gasteiger partial charge >= 0.3 is 0 Å². The predicted molar refractivity (Wildman–Crippen MR) is 146 cm³/mol. The van der Waals surface area contributed by atoms with E-state index in [1.54, 1.807) is 12.3 Å². The molecule has 0 spiro atoms. The van der Waals surface area contributed by atoms with Crippen molar-refractivity contribution < 1.29 is 0 Å². The number of anilines is 1. The summed E-state index contributed by atoms with van der Waals surface area (Å²) in [5.41, 5.74) is 8.91. The van der Waals surface area contributed by atoms with Crippen LogP contribution in [0.1, 0.15) is 29.8 Å². The highest BCUT2D eigenvalue weighted by Gasteiger charge is 2.24. The van der Waals surface area contributed by atoms with Crippen molar-refractivity contribution in [1.82, 2.24) is 35.1 Å². The van der Waals surface area contributed by atoms with Crippen LogP contribution < -0.4 is 5.32 Å². The van der Waals surface area contributed by atoms with Crippen LogP contribution >= 0.6 is 0 Å². The summed E-state index contributed by atoms with van der Waals surface area (Å²) in [6, 6.07) is 8.05. The van der Waals surface area contributed by atoms with Gasteiger partial charge in [0.15, 0.2) is 11.5 Å². The first-order valence-electron chi connectivity index (χ1n) is 12.2. The topological polar surface area (TPSA) is 108 Å². The Morgan fingerprint density at radius 1 is 1.11 bits per heavy atom. The number of imidazole rings is 1. The van der Waals surface area contributed by atoms with Crippen LogP contribution in [0.5, 0.6) is 0 Å². The Bertz CT molecular complexity index is 1650. The van der Waals surface area contributed by atoms with Gasteiger partial charge in [-0.05, 0) is 43.9 Å². The maximum absolute atomic E-state index is 4.94. The van der Waals surface area contributed by atoms with Crippen molar-refractivity contribution in [2.24, 2.45) is 5.92 Å². The van der Waals surface area contributed by atoms with E-state index in [9.17, 15) is 0 Å². The summed E-state index contributed by atoms with van der Waals surface area (Å²) < 4.78 is 0. The lowest BCUT2D eigenvalue weighted by molar-refractivity contribution is 1.02. The second-order valence-electron chi connectivity index (χ2n) is 9.20. The second-order valence-corrected chi connectivity index (χ2v) is 9.20. The highest BCUT2D eigenvalue weighted by Crippen LogP contribution is 2.36. The monoisotopic (exact) mass is 486 g/mol. The van der Waals surface area contributed by atoms with E-state index < -0.39 is 0 Å². The van der Waals surface area contributed by atoms with Gasteiger partial charge in [-0.25, -0.2) is 9.97 Å². The number of nitrogens with zero attached hydrogens (tertiary/aromatic N) is 5. The number of allylic oxidation sites excluding steroid dienone is 3. The third-order valence-corrected chi connectivity index (χ3v) is 6.49. The average Bonchev–Trinajstić information content (AvgIpc) is 3.59. The maximum atomic E-state index is 4.94. The summed E-state index contributed by atoms with van der Waals surface area (Å²) in [4.78, 5) is 21.6. The van der Waals surface area contributed by atoms with Crippen molar-refractivity contribution in [3.63, 3.8) is 0 Å². The molecular formula is C29H26N8. The first-order chi connectivity index (χ1) is 18.1. The lowest BCUT2D eigenvalue weighted by Gasteiger charge is -2.09. The minimum absolute atomic E-state index is 0.566. The number of aromatic amines is 2. The molecule has 182 valence electrons. The van der Waals surface area contributed by atoms with Crippen LogP contribution in [0.15, 0.2) is 86.3 Å². The molecule has 0 unspecified atom stereocenters. The molecule has 8 nitrogen and oxygen atoms in total. The van der Waals surface area contributed by atoms with Crippen LogP contribution in [-0.4, -0.2) is 35.1 Å². The minimum Gasteiger partial charge on any atom is -0.358 e. The minimum atomic E-state index is 0.566. The number of fused-ring (bicyclic) bond motifs is 1. The Morgan fingerprint density at radius 3 is 2.76 bits per heavy atom. The number of rotatable bonds is 8. The van der Waals surface area contributed by atoms with Gasteiger partial charge in [0.25, 0.3) is 0 Å². The standard InChI is InChI=1S/C29H26N8/c1-4-6-24(20-7-5-10-30-13-20)26-18(3)34-29(35-26)27-25-12-22(15-32-28(25)37-36-27)21-11-23(16-31-14-21)33-17(2)19-8-9-19/h4-7,10-16,19,33H,1-2,8-9H2,3H3,(H,34,35)(H,32,36,37)/b24-6-. The van der Waals surface area contributed by atoms with Gasteiger partial charge in [-0.3, -0.25) is 15.1 Å². The molecule has 0 bridgehead atoms. The van der Waals surface area contributed by atoms with Crippen molar-refractivity contribution in [3.8, 4) is 22.6 Å². The number of hydrogen-bond donors (Lipinski definition) is 3. The molecular weight excluding hydrogens is 460 g/mol. The smallest absolute Gasteiger partial charge is 0.181 e. The Balaban J connectivity index is 1.37. The van der Waals surface area contributed by atoms with E-state index in [0.717, 1.165) is 56.1 Å². The third kappa shape index (κ3) is 4.45. The number of H-pyrrole nitrogens is 2. The number of aromatic nitrogens is 7. The SMILES string of the molecule is C=C/C=C(/c1cccnc1)c1nc(-c2[nH]nc3ncc(-c4cncc(NC(=C)C5CC5)c4)cc23)[nH]c1C. The molecule has 5 aromatic heterocycles. The molecule has 1 saturated carbocycles. The van der Waals surface area contributed by atoms with Crippen LogP contribution in [-0.2, 0) is 0 Å². The van der Waals surface area contributed by atoms with E-state index in [1.165, 1.54) is 12.8 Å². The fraction of sp³-hybridized carbons (Fsp3) is 0.138.